The molecular formula is C19H22O5S. The molecule has 1 N–H and O–H groups in total. The molecule has 0 atom stereocenters. The fraction of sp³-hybridized carbons (Fsp3) is 0.316. The molecule has 0 heterocycles. The molecule has 134 valence electrons. The molecule has 2 rings (SSSR count). The van der Waals surface area contributed by atoms with Gasteiger partial charge in [0.1, 0.15) is 0 Å². The third-order valence-electron chi connectivity index (χ3n) is 4.15. The Morgan fingerprint density at radius 1 is 1.04 bits per heavy atom. The van der Waals surface area contributed by atoms with E-state index in [2.05, 4.69) is 0 Å². The van der Waals surface area contributed by atoms with E-state index in [1.54, 1.807) is 50.2 Å². The maximum atomic E-state index is 12.1. The van der Waals surface area contributed by atoms with E-state index in [4.69, 9.17) is 4.18 Å². The first-order valence-corrected chi connectivity index (χ1v) is 9.33. The average Bonchev–Trinajstić information content (AvgIpc) is 2.55. The summed E-state index contributed by atoms with van der Waals surface area (Å²) in [7, 11) is -3.77. The van der Waals surface area contributed by atoms with Crippen molar-refractivity contribution in [2.24, 2.45) is 0 Å². The minimum absolute atomic E-state index is 0.0257. The number of carboxylic acids is 1. The second-order valence-corrected chi connectivity index (χ2v) is 8.08. The Kier molecular flexibility index (Phi) is 5.65. The number of hydrogen-bond donors (Lipinski definition) is 1. The van der Waals surface area contributed by atoms with Gasteiger partial charge in [0.25, 0.3) is 10.1 Å². The zero-order valence-corrected chi connectivity index (χ0v) is 15.3. The predicted octanol–water partition coefficient (Wildman–Crippen LogP) is 3.31. The molecule has 0 saturated heterocycles. The van der Waals surface area contributed by atoms with Crippen molar-refractivity contribution in [3.8, 4) is 0 Å². The van der Waals surface area contributed by atoms with Gasteiger partial charge in [-0.05, 0) is 50.5 Å². The van der Waals surface area contributed by atoms with E-state index >= 15 is 0 Å². The average molecular weight is 362 g/mol. The van der Waals surface area contributed by atoms with Crippen molar-refractivity contribution < 1.29 is 22.5 Å². The number of carboxylic acid groups (broad SMARTS) is 1. The van der Waals surface area contributed by atoms with Gasteiger partial charge in [-0.25, -0.2) is 0 Å². The fourth-order valence-electron chi connectivity index (χ4n) is 2.25. The highest BCUT2D eigenvalue weighted by Crippen LogP contribution is 2.24. The van der Waals surface area contributed by atoms with Crippen LogP contribution in [-0.4, -0.2) is 26.1 Å². The molecule has 0 radical (unpaired) electrons. The first-order valence-electron chi connectivity index (χ1n) is 7.92. The zero-order chi connectivity index (χ0) is 18.7. The van der Waals surface area contributed by atoms with Crippen molar-refractivity contribution in [2.75, 3.05) is 6.61 Å². The Labute approximate surface area is 148 Å². The molecule has 0 aliphatic carbocycles. The Balaban J connectivity index is 1.98. The lowest BCUT2D eigenvalue weighted by atomic mass is 9.84. The number of carbonyl (C=O) groups is 1. The molecule has 0 unspecified atom stereocenters. The second kappa shape index (κ2) is 7.37. The van der Waals surface area contributed by atoms with E-state index in [0.29, 0.717) is 12.0 Å². The summed E-state index contributed by atoms with van der Waals surface area (Å²) in [6.07, 6.45) is 0.416. The van der Waals surface area contributed by atoms with Crippen LogP contribution in [-0.2, 0) is 30.9 Å². The van der Waals surface area contributed by atoms with Crippen LogP contribution in [0.15, 0.2) is 53.4 Å². The van der Waals surface area contributed by atoms with E-state index in [1.165, 1.54) is 12.1 Å². The van der Waals surface area contributed by atoms with E-state index in [9.17, 15) is 18.3 Å². The SMILES string of the molecule is Cc1ccc(S(=O)(=O)OCCc2ccc(C(C)(C)C(=O)O)cc2)cc1. The molecule has 0 fully saturated rings. The van der Waals surface area contributed by atoms with Gasteiger partial charge in [0.15, 0.2) is 0 Å². The molecule has 0 bridgehead atoms. The highest BCUT2D eigenvalue weighted by Gasteiger charge is 2.29. The summed E-state index contributed by atoms with van der Waals surface area (Å²) >= 11 is 0. The first-order chi connectivity index (χ1) is 11.6. The van der Waals surface area contributed by atoms with Gasteiger partial charge in [0.05, 0.1) is 16.9 Å². The van der Waals surface area contributed by atoms with Gasteiger partial charge in [-0.3, -0.25) is 8.98 Å². The van der Waals surface area contributed by atoms with Gasteiger partial charge in [-0.2, -0.15) is 8.42 Å². The summed E-state index contributed by atoms with van der Waals surface area (Å²) in [5.41, 5.74) is 1.58. The van der Waals surface area contributed by atoms with Gasteiger partial charge >= 0.3 is 5.97 Å². The van der Waals surface area contributed by atoms with E-state index in [1.807, 2.05) is 6.92 Å². The maximum absolute atomic E-state index is 12.1. The van der Waals surface area contributed by atoms with Crippen LogP contribution in [0.5, 0.6) is 0 Å². The summed E-state index contributed by atoms with van der Waals surface area (Å²) in [5.74, 6) is -0.896. The molecule has 0 aromatic heterocycles. The molecule has 0 aliphatic heterocycles. The summed E-state index contributed by atoms with van der Waals surface area (Å²) in [4.78, 5) is 11.4. The van der Waals surface area contributed by atoms with Crippen LogP contribution < -0.4 is 0 Å². The highest BCUT2D eigenvalue weighted by atomic mass is 32.2. The number of rotatable bonds is 7. The summed E-state index contributed by atoms with van der Waals surface area (Å²) < 4.78 is 29.3. The Bertz CT molecular complexity index is 834. The van der Waals surface area contributed by atoms with E-state index in [0.717, 1.165) is 11.1 Å². The van der Waals surface area contributed by atoms with Gasteiger partial charge in [0.2, 0.25) is 0 Å². The van der Waals surface area contributed by atoms with Gasteiger partial charge < -0.3 is 5.11 Å². The number of hydrogen-bond acceptors (Lipinski definition) is 4. The molecule has 6 heteroatoms. The topological polar surface area (TPSA) is 80.7 Å². The van der Waals surface area contributed by atoms with Crippen LogP contribution in [0.3, 0.4) is 0 Å². The van der Waals surface area contributed by atoms with Gasteiger partial charge in [0, 0.05) is 0 Å². The Morgan fingerprint density at radius 2 is 1.60 bits per heavy atom. The molecule has 0 aliphatic rings. The van der Waals surface area contributed by atoms with Crippen LogP contribution in [0.4, 0.5) is 0 Å². The van der Waals surface area contributed by atoms with Crippen LogP contribution in [0, 0.1) is 6.92 Å². The van der Waals surface area contributed by atoms with Crippen molar-refractivity contribution in [2.45, 2.75) is 37.5 Å². The van der Waals surface area contributed by atoms with Crippen molar-refractivity contribution in [1.29, 1.82) is 0 Å². The first kappa shape index (κ1) is 19.1. The summed E-state index contributed by atoms with van der Waals surface area (Å²) in [5, 5.41) is 9.23. The monoisotopic (exact) mass is 362 g/mol. The van der Waals surface area contributed by atoms with Crippen molar-refractivity contribution >= 4 is 16.1 Å². The third-order valence-corrected chi connectivity index (χ3v) is 5.48. The molecule has 2 aromatic rings. The van der Waals surface area contributed by atoms with Crippen LogP contribution in [0.2, 0.25) is 0 Å². The Hall–Kier alpha value is -2.18. The molecule has 25 heavy (non-hydrogen) atoms. The third kappa shape index (κ3) is 4.67. The summed E-state index contributed by atoms with van der Waals surface area (Å²) in [6.45, 7) is 5.19. The van der Waals surface area contributed by atoms with Crippen LogP contribution in [0.25, 0.3) is 0 Å². The molecule has 5 nitrogen and oxygen atoms in total. The summed E-state index contributed by atoms with van der Waals surface area (Å²) in [6, 6.07) is 13.6. The molecule has 0 saturated carbocycles. The number of aryl methyl sites for hydroxylation is 1. The number of aliphatic carboxylic acids is 1. The standard InChI is InChI=1S/C19H22O5S/c1-14-4-10-17(11-5-14)25(22,23)24-13-12-15-6-8-16(9-7-15)19(2,3)18(20)21/h4-11H,12-13H2,1-3H3,(H,20,21). The highest BCUT2D eigenvalue weighted by molar-refractivity contribution is 7.86. The molecule has 2 aromatic carbocycles. The predicted molar refractivity (Wildman–Crippen MR) is 95.1 cm³/mol. The number of benzene rings is 2. The van der Waals surface area contributed by atoms with Gasteiger partial charge in [-0.15, -0.1) is 0 Å². The lowest BCUT2D eigenvalue weighted by Crippen LogP contribution is -2.28. The molecule has 0 amide bonds. The molecular weight excluding hydrogens is 340 g/mol. The van der Waals surface area contributed by atoms with Crippen molar-refractivity contribution in [1.82, 2.24) is 0 Å². The fourth-order valence-corrected chi connectivity index (χ4v) is 3.16. The second-order valence-electron chi connectivity index (χ2n) is 6.47. The maximum Gasteiger partial charge on any atom is 0.313 e. The lowest BCUT2D eigenvalue weighted by molar-refractivity contribution is -0.142. The van der Waals surface area contributed by atoms with E-state index < -0.39 is 21.5 Å². The van der Waals surface area contributed by atoms with Crippen molar-refractivity contribution in [3.63, 3.8) is 0 Å². The van der Waals surface area contributed by atoms with Crippen LogP contribution in [0.1, 0.15) is 30.5 Å². The smallest absolute Gasteiger partial charge is 0.313 e. The van der Waals surface area contributed by atoms with Gasteiger partial charge in [-0.1, -0.05) is 42.0 Å². The minimum Gasteiger partial charge on any atom is -0.481 e. The normalized spacial score (nSPS) is 12.1. The minimum atomic E-state index is -3.77. The van der Waals surface area contributed by atoms with Crippen LogP contribution >= 0.6 is 0 Å². The quantitative estimate of drug-likeness (QED) is 0.764. The Morgan fingerprint density at radius 3 is 2.12 bits per heavy atom. The lowest BCUT2D eigenvalue weighted by Gasteiger charge is -2.19. The zero-order valence-electron chi connectivity index (χ0n) is 14.5. The largest absolute Gasteiger partial charge is 0.481 e. The molecule has 0 spiro atoms. The van der Waals surface area contributed by atoms with E-state index in [-0.39, 0.29) is 11.5 Å². The van der Waals surface area contributed by atoms with Crippen molar-refractivity contribution in [3.05, 3.63) is 65.2 Å².